The van der Waals surface area contributed by atoms with Crippen molar-refractivity contribution in [3.63, 3.8) is 0 Å². The Bertz CT molecular complexity index is 1030. The SMILES string of the molecule is Cl.N[C@@H](Cc1ccccc1)C(=O)N1CCC[C@H]1C(=O)Nc1ccc2ccccc2c1. The number of halogens is 1. The molecule has 1 saturated heterocycles. The molecule has 0 saturated carbocycles. The van der Waals surface area contributed by atoms with Gasteiger partial charge < -0.3 is 16.0 Å². The Balaban J connectivity index is 0.00000256. The van der Waals surface area contributed by atoms with Crippen LogP contribution in [0.15, 0.2) is 72.8 Å². The second-order valence-corrected chi connectivity index (χ2v) is 7.54. The lowest BCUT2D eigenvalue weighted by Crippen LogP contribution is -2.50. The normalized spacial score (nSPS) is 16.7. The van der Waals surface area contributed by atoms with Gasteiger partial charge in [-0.25, -0.2) is 0 Å². The molecule has 0 aliphatic carbocycles. The Hall–Kier alpha value is -2.89. The fourth-order valence-corrected chi connectivity index (χ4v) is 3.96. The maximum atomic E-state index is 12.9. The average molecular weight is 424 g/mol. The van der Waals surface area contributed by atoms with E-state index in [0.29, 0.717) is 19.4 Å². The van der Waals surface area contributed by atoms with E-state index in [1.165, 1.54) is 0 Å². The van der Waals surface area contributed by atoms with Gasteiger partial charge in [0.25, 0.3) is 0 Å². The maximum absolute atomic E-state index is 12.9. The Labute approximate surface area is 182 Å². The number of nitrogens with zero attached hydrogens (tertiary/aromatic N) is 1. The number of fused-ring (bicyclic) bond motifs is 1. The van der Waals surface area contributed by atoms with E-state index in [1.54, 1.807) is 4.90 Å². The summed E-state index contributed by atoms with van der Waals surface area (Å²) >= 11 is 0. The second-order valence-electron chi connectivity index (χ2n) is 7.54. The summed E-state index contributed by atoms with van der Waals surface area (Å²) in [6.07, 6.45) is 1.93. The molecule has 2 atom stereocenters. The lowest BCUT2D eigenvalue weighted by atomic mass is 10.0. The number of nitrogens with two attached hydrogens (primary N) is 1. The molecule has 5 nitrogen and oxygen atoms in total. The minimum absolute atomic E-state index is 0. The van der Waals surface area contributed by atoms with Gasteiger partial charge in [0.05, 0.1) is 6.04 Å². The minimum atomic E-state index is -0.647. The van der Waals surface area contributed by atoms with E-state index < -0.39 is 12.1 Å². The van der Waals surface area contributed by atoms with Crippen LogP contribution in [0.3, 0.4) is 0 Å². The van der Waals surface area contributed by atoms with Crippen LogP contribution in [0.25, 0.3) is 10.8 Å². The molecule has 0 aromatic heterocycles. The van der Waals surface area contributed by atoms with E-state index in [9.17, 15) is 9.59 Å². The minimum Gasteiger partial charge on any atom is -0.329 e. The summed E-state index contributed by atoms with van der Waals surface area (Å²) in [6.45, 7) is 0.567. The number of benzene rings is 3. The Kier molecular flexibility index (Phi) is 7.08. The number of hydrogen-bond donors (Lipinski definition) is 2. The zero-order valence-corrected chi connectivity index (χ0v) is 17.5. The van der Waals surface area contributed by atoms with Crippen LogP contribution in [0.4, 0.5) is 5.69 Å². The molecule has 30 heavy (non-hydrogen) atoms. The molecule has 1 heterocycles. The molecule has 3 N–H and O–H groups in total. The number of likely N-dealkylation sites (tertiary alicyclic amines) is 1. The first kappa shape index (κ1) is 21.8. The van der Waals surface area contributed by atoms with Crippen molar-refractivity contribution in [2.75, 3.05) is 11.9 Å². The summed E-state index contributed by atoms with van der Waals surface area (Å²) in [5.41, 5.74) is 7.94. The molecular formula is C24H26ClN3O2. The smallest absolute Gasteiger partial charge is 0.247 e. The quantitative estimate of drug-likeness (QED) is 0.656. The van der Waals surface area contributed by atoms with Crippen LogP contribution < -0.4 is 11.1 Å². The summed E-state index contributed by atoms with van der Waals surface area (Å²) in [4.78, 5) is 27.5. The fourth-order valence-electron chi connectivity index (χ4n) is 3.96. The van der Waals surface area contributed by atoms with Crippen molar-refractivity contribution in [3.8, 4) is 0 Å². The van der Waals surface area contributed by atoms with Crippen molar-refractivity contribution < 1.29 is 9.59 Å². The molecule has 0 bridgehead atoms. The molecule has 6 heteroatoms. The van der Waals surface area contributed by atoms with Gasteiger partial charge in [0, 0.05) is 12.2 Å². The lowest BCUT2D eigenvalue weighted by Gasteiger charge is -2.26. The molecule has 3 aromatic rings. The van der Waals surface area contributed by atoms with Gasteiger partial charge in [0.2, 0.25) is 11.8 Å². The first-order chi connectivity index (χ1) is 14.1. The van der Waals surface area contributed by atoms with Gasteiger partial charge in [-0.15, -0.1) is 12.4 Å². The average Bonchev–Trinajstić information content (AvgIpc) is 3.24. The van der Waals surface area contributed by atoms with E-state index in [4.69, 9.17) is 5.73 Å². The predicted molar refractivity (Wildman–Crippen MR) is 123 cm³/mol. The number of carbonyl (C=O) groups excluding carboxylic acids is 2. The van der Waals surface area contributed by atoms with Crippen LogP contribution in [0.1, 0.15) is 18.4 Å². The monoisotopic (exact) mass is 423 g/mol. The van der Waals surface area contributed by atoms with Crippen molar-refractivity contribution in [2.24, 2.45) is 5.73 Å². The van der Waals surface area contributed by atoms with Gasteiger partial charge in [0.15, 0.2) is 0 Å². The first-order valence-electron chi connectivity index (χ1n) is 10.0. The van der Waals surface area contributed by atoms with E-state index in [2.05, 4.69) is 5.32 Å². The van der Waals surface area contributed by atoms with Crippen LogP contribution in [0.5, 0.6) is 0 Å². The first-order valence-corrected chi connectivity index (χ1v) is 10.0. The van der Waals surface area contributed by atoms with E-state index >= 15 is 0 Å². The largest absolute Gasteiger partial charge is 0.329 e. The standard InChI is InChI=1S/C24H25N3O2.ClH/c25-21(15-17-7-2-1-3-8-17)24(29)27-14-6-11-22(27)23(28)26-20-13-12-18-9-4-5-10-19(18)16-20;/h1-5,7-10,12-13,16,21-22H,6,11,14-15,25H2,(H,26,28);1H/t21-,22-;/m0./s1. The summed E-state index contributed by atoms with van der Waals surface area (Å²) in [5, 5.41) is 5.16. The van der Waals surface area contributed by atoms with Crippen molar-refractivity contribution in [3.05, 3.63) is 78.4 Å². The summed E-state index contributed by atoms with van der Waals surface area (Å²) in [6, 6.07) is 22.4. The highest BCUT2D eigenvalue weighted by Crippen LogP contribution is 2.23. The third-order valence-corrected chi connectivity index (χ3v) is 5.47. The molecule has 0 unspecified atom stereocenters. The highest BCUT2D eigenvalue weighted by atomic mass is 35.5. The number of anilines is 1. The third-order valence-electron chi connectivity index (χ3n) is 5.47. The van der Waals surface area contributed by atoms with Gasteiger partial charge >= 0.3 is 0 Å². The zero-order valence-electron chi connectivity index (χ0n) is 16.7. The van der Waals surface area contributed by atoms with Gasteiger partial charge in [-0.3, -0.25) is 9.59 Å². The van der Waals surface area contributed by atoms with Gasteiger partial charge in [0.1, 0.15) is 6.04 Å². The summed E-state index contributed by atoms with van der Waals surface area (Å²) in [5.74, 6) is -0.317. The van der Waals surface area contributed by atoms with Crippen molar-refractivity contribution in [1.82, 2.24) is 4.90 Å². The molecule has 4 rings (SSSR count). The van der Waals surface area contributed by atoms with Crippen LogP contribution in [0, 0.1) is 0 Å². The van der Waals surface area contributed by atoms with E-state index in [1.807, 2.05) is 72.8 Å². The molecule has 3 aromatic carbocycles. The number of rotatable bonds is 5. The van der Waals surface area contributed by atoms with Gasteiger partial charge in [-0.05, 0) is 47.7 Å². The van der Waals surface area contributed by atoms with Crippen molar-refractivity contribution >= 4 is 40.7 Å². The highest BCUT2D eigenvalue weighted by Gasteiger charge is 2.36. The highest BCUT2D eigenvalue weighted by molar-refractivity contribution is 5.99. The number of hydrogen-bond acceptors (Lipinski definition) is 3. The molecule has 1 fully saturated rings. The summed E-state index contributed by atoms with van der Waals surface area (Å²) < 4.78 is 0. The maximum Gasteiger partial charge on any atom is 0.247 e. The predicted octanol–water partition coefficient (Wildman–Crippen LogP) is 3.76. The Morgan fingerprint density at radius 3 is 2.47 bits per heavy atom. The van der Waals surface area contributed by atoms with Crippen LogP contribution in [-0.4, -0.2) is 35.3 Å². The molecule has 0 spiro atoms. The molecule has 1 aliphatic heterocycles. The van der Waals surface area contributed by atoms with Crippen LogP contribution >= 0.6 is 12.4 Å². The zero-order chi connectivity index (χ0) is 20.2. The van der Waals surface area contributed by atoms with Gasteiger partial charge in [-0.1, -0.05) is 60.7 Å². The molecule has 156 valence electrons. The number of carbonyl (C=O) groups is 2. The topological polar surface area (TPSA) is 75.4 Å². The molecule has 0 radical (unpaired) electrons. The Morgan fingerprint density at radius 2 is 1.70 bits per heavy atom. The summed E-state index contributed by atoms with van der Waals surface area (Å²) in [7, 11) is 0. The van der Waals surface area contributed by atoms with Crippen molar-refractivity contribution in [1.29, 1.82) is 0 Å². The Morgan fingerprint density at radius 1 is 1.00 bits per heavy atom. The second kappa shape index (κ2) is 9.74. The van der Waals surface area contributed by atoms with E-state index in [-0.39, 0.29) is 24.2 Å². The third kappa shape index (κ3) is 4.81. The molecule has 2 amide bonds. The van der Waals surface area contributed by atoms with E-state index in [0.717, 1.165) is 28.4 Å². The van der Waals surface area contributed by atoms with Gasteiger partial charge in [-0.2, -0.15) is 0 Å². The number of nitrogens with one attached hydrogen (secondary N) is 1. The fraction of sp³-hybridized carbons (Fsp3) is 0.250. The molecule has 1 aliphatic rings. The molecular weight excluding hydrogens is 398 g/mol. The lowest BCUT2D eigenvalue weighted by molar-refractivity contribution is -0.137. The van der Waals surface area contributed by atoms with Crippen LogP contribution in [-0.2, 0) is 16.0 Å². The van der Waals surface area contributed by atoms with Crippen LogP contribution in [0.2, 0.25) is 0 Å². The number of amides is 2. The van der Waals surface area contributed by atoms with Crippen molar-refractivity contribution in [2.45, 2.75) is 31.3 Å².